The fraction of sp³-hybridized carbons (Fsp3) is 0. The predicted octanol–water partition coefficient (Wildman–Crippen LogP) is 2.67. The van der Waals surface area contributed by atoms with Crippen LogP contribution >= 0.6 is 11.6 Å². The maximum atomic E-state index is 12.0. The highest BCUT2D eigenvalue weighted by Gasteiger charge is 2.10. The van der Waals surface area contributed by atoms with Gasteiger partial charge < -0.3 is 5.21 Å². The van der Waals surface area contributed by atoms with Crippen molar-refractivity contribution < 1.29 is 4.73 Å². The molecule has 1 aromatic heterocycles. The summed E-state index contributed by atoms with van der Waals surface area (Å²) in [5.41, 5.74) is 2.38. The van der Waals surface area contributed by atoms with Crippen molar-refractivity contribution in [2.45, 2.75) is 0 Å². The average molecular weight is 231 g/mol. The van der Waals surface area contributed by atoms with Crippen molar-refractivity contribution in [2.75, 3.05) is 0 Å². The van der Waals surface area contributed by atoms with E-state index in [0.717, 1.165) is 4.73 Å². The zero-order valence-electron chi connectivity index (χ0n) is 8.22. The van der Waals surface area contributed by atoms with E-state index in [-0.39, 0.29) is 0 Å². The quantitative estimate of drug-likeness (QED) is 0.338. The molecule has 0 saturated carbocycles. The normalized spacial score (nSPS) is 11.1. The van der Waals surface area contributed by atoms with E-state index in [1.807, 2.05) is 18.2 Å². The number of para-hydroxylation sites is 2. The Morgan fingerprint density at radius 1 is 1.00 bits per heavy atom. The van der Waals surface area contributed by atoms with Gasteiger partial charge in [-0.3, -0.25) is 0 Å². The Labute approximate surface area is 96.5 Å². The van der Waals surface area contributed by atoms with Crippen LogP contribution in [0.1, 0.15) is 0 Å². The Balaban J connectivity index is 2.55. The molecule has 4 heteroatoms. The molecule has 0 atom stereocenters. The second kappa shape index (κ2) is 3.32. The number of benzene rings is 2. The number of halogens is 1. The van der Waals surface area contributed by atoms with Crippen LogP contribution < -0.4 is 4.73 Å². The summed E-state index contributed by atoms with van der Waals surface area (Å²) in [4.78, 5) is 4.39. The van der Waals surface area contributed by atoms with Gasteiger partial charge in [-0.25, -0.2) is 4.98 Å². The van der Waals surface area contributed by atoms with Gasteiger partial charge in [-0.15, -0.1) is 0 Å². The summed E-state index contributed by atoms with van der Waals surface area (Å²) in [5.74, 6) is 0. The first-order valence-electron chi connectivity index (χ1n) is 4.83. The lowest BCUT2D eigenvalue weighted by Gasteiger charge is -2.04. The van der Waals surface area contributed by atoms with Crippen LogP contribution in [0.25, 0.3) is 22.1 Å². The number of hydrogen-bond acceptors (Lipinski definition) is 2. The van der Waals surface area contributed by atoms with Crippen LogP contribution in [-0.4, -0.2) is 4.98 Å². The van der Waals surface area contributed by atoms with Crippen LogP contribution in [0.4, 0.5) is 0 Å². The van der Waals surface area contributed by atoms with E-state index in [1.54, 1.807) is 24.3 Å². The molecule has 2 aromatic carbocycles. The zero-order chi connectivity index (χ0) is 11.1. The topological polar surface area (TPSA) is 39.8 Å². The Morgan fingerprint density at radius 2 is 1.75 bits per heavy atom. The molecule has 0 N–H and O–H groups in total. The zero-order valence-corrected chi connectivity index (χ0v) is 8.98. The van der Waals surface area contributed by atoms with Gasteiger partial charge in [0.25, 0.3) is 0 Å². The molecular weight excluding hydrogens is 224 g/mol. The maximum Gasteiger partial charge on any atom is 0.243 e. The number of fused-ring (bicyclic) bond motifs is 2. The summed E-state index contributed by atoms with van der Waals surface area (Å²) in [6, 6.07) is 12.3. The fourth-order valence-corrected chi connectivity index (χ4v) is 1.91. The summed E-state index contributed by atoms with van der Waals surface area (Å²) in [7, 11) is 0. The smallest absolute Gasteiger partial charge is 0.243 e. The number of aromatic nitrogens is 2. The molecule has 0 aliphatic heterocycles. The molecule has 3 aromatic rings. The van der Waals surface area contributed by atoms with Gasteiger partial charge in [-0.05, 0) is 18.2 Å². The van der Waals surface area contributed by atoms with Crippen molar-refractivity contribution in [3.8, 4) is 0 Å². The highest BCUT2D eigenvalue weighted by molar-refractivity contribution is 6.31. The van der Waals surface area contributed by atoms with Crippen LogP contribution in [0.3, 0.4) is 0 Å². The number of hydrogen-bond donors (Lipinski definition) is 0. The first kappa shape index (κ1) is 9.36. The molecule has 1 heterocycles. The minimum Gasteiger partial charge on any atom is -0.618 e. The van der Waals surface area contributed by atoms with Crippen molar-refractivity contribution >= 4 is 33.7 Å². The van der Waals surface area contributed by atoms with Gasteiger partial charge in [-0.2, -0.15) is 4.73 Å². The Kier molecular flexibility index (Phi) is 1.94. The van der Waals surface area contributed by atoms with Gasteiger partial charge in [0.15, 0.2) is 0 Å². The van der Waals surface area contributed by atoms with Crippen molar-refractivity contribution in [3.05, 3.63) is 52.7 Å². The summed E-state index contributed by atoms with van der Waals surface area (Å²) >= 11 is 5.87. The fourth-order valence-electron chi connectivity index (χ4n) is 1.75. The Morgan fingerprint density at radius 3 is 2.62 bits per heavy atom. The first-order chi connectivity index (χ1) is 7.75. The van der Waals surface area contributed by atoms with E-state index in [0.29, 0.717) is 27.1 Å². The van der Waals surface area contributed by atoms with E-state index in [9.17, 15) is 5.21 Å². The van der Waals surface area contributed by atoms with E-state index in [2.05, 4.69) is 4.98 Å². The molecule has 3 nitrogen and oxygen atoms in total. The highest BCUT2D eigenvalue weighted by Crippen LogP contribution is 2.17. The molecule has 0 spiro atoms. The van der Waals surface area contributed by atoms with Crippen LogP contribution in [0.2, 0.25) is 5.02 Å². The van der Waals surface area contributed by atoms with E-state index >= 15 is 0 Å². The third-order valence-electron chi connectivity index (χ3n) is 2.50. The van der Waals surface area contributed by atoms with Gasteiger partial charge in [0, 0.05) is 17.2 Å². The lowest BCUT2D eigenvalue weighted by molar-refractivity contribution is -0.548. The summed E-state index contributed by atoms with van der Waals surface area (Å²) in [6.45, 7) is 0. The molecule has 16 heavy (non-hydrogen) atoms. The molecule has 0 aliphatic carbocycles. The predicted molar refractivity (Wildman–Crippen MR) is 63.2 cm³/mol. The molecule has 0 aliphatic rings. The van der Waals surface area contributed by atoms with Gasteiger partial charge in [0.2, 0.25) is 11.0 Å². The highest BCUT2D eigenvalue weighted by atomic mass is 35.5. The second-order valence-electron chi connectivity index (χ2n) is 3.53. The van der Waals surface area contributed by atoms with Gasteiger partial charge >= 0.3 is 0 Å². The number of rotatable bonds is 0. The van der Waals surface area contributed by atoms with Crippen LogP contribution in [0.15, 0.2) is 42.5 Å². The van der Waals surface area contributed by atoms with Gasteiger partial charge in [0.05, 0.1) is 0 Å². The van der Waals surface area contributed by atoms with Crippen molar-refractivity contribution in [1.29, 1.82) is 0 Å². The second-order valence-corrected chi connectivity index (χ2v) is 3.96. The standard InChI is InChI=1S/C12H7ClN2O/c13-8-5-6-12-10(7-8)14-9-3-1-2-4-11(9)15(12)16/h1-7H. The van der Waals surface area contributed by atoms with Crippen LogP contribution in [-0.2, 0) is 0 Å². The van der Waals surface area contributed by atoms with Gasteiger partial charge in [0.1, 0.15) is 11.0 Å². The van der Waals surface area contributed by atoms with Crippen molar-refractivity contribution in [2.24, 2.45) is 0 Å². The van der Waals surface area contributed by atoms with Crippen molar-refractivity contribution in [1.82, 2.24) is 4.98 Å². The molecule has 0 bridgehead atoms. The average Bonchev–Trinajstić information content (AvgIpc) is 2.29. The first-order valence-corrected chi connectivity index (χ1v) is 5.21. The third-order valence-corrected chi connectivity index (χ3v) is 2.73. The van der Waals surface area contributed by atoms with E-state index in [1.165, 1.54) is 0 Å². The Bertz CT molecular complexity index is 697. The lowest BCUT2D eigenvalue weighted by atomic mass is 10.2. The summed E-state index contributed by atoms with van der Waals surface area (Å²) in [5, 5.41) is 12.6. The maximum absolute atomic E-state index is 12.0. The minimum absolute atomic E-state index is 0.531. The lowest BCUT2D eigenvalue weighted by Crippen LogP contribution is -2.28. The molecule has 0 amide bonds. The summed E-state index contributed by atoms with van der Waals surface area (Å²) in [6.07, 6.45) is 0. The molecule has 0 radical (unpaired) electrons. The monoisotopic (exact) mass is 230 g/mol. The van der Waals surface area contributed by atoms with Crippen LogP contribution in [0.5, 0.6) is 0 Å². The van der Waals surface area contributed by atoms with Gasteiger partial charge in [-0.1, -0.05) is 23.7 Å². The van der Waals surface area contributed by atoms with E-state index < -0.39 is 0 Å². The van der Waals surface area contributed by atoms with E-state index in [4.69, 9.17) is 11.6 Å². The number of nitrogens with zero attached hydrogens (tertiary/aromatic N) is 2. The molecule has 78 valence electrons. The van der Waals surface area contributed by atoms with Crippen molar-refractivity contribution in [3.63, 3.8) is 0 Å². The largest absolute Gasteiger partial charge is 0.618 e. The van der Waals surface area contributed by atoms with Crippen LogP contribution in [0, 0.1) is 5.21 Å². The SMILES string of the molecule is [O-][n+]1c2ccccc2nc2cc(Cl)ccc21. The molecular formula is C12H7ClN2O. The molecule has 0 saturated heterocycles. The summed E-state index contributed by atoms with van der Waals surface area (Å²) < 4.78 is 0.883. The minimum atomic E-state index is 0.531. The third kappa shape index (κ3) is 1.29. The molecule has 3 rings (SSSR count). The molecule has 0 fully saturated rings. The molecule has 0 unspecified atom stereocenters. The Hall–Kier alpha value is -1.87.